The quantitative estimate of drug-likeness (QED) is 0.559. The Morgan fingerprint density at radius 2 is 1.62 bits per heavy atom. The average Bonchev–Trinajstić information content (AvgIpc) is 2.65. The minimum atomic E-state index is -0.661. The van der Waals surface area contributed by atoms with Crippen molar-refractivity contribution < 1.29 is 28.6 Å². The summed E-state index contributed by atoms with van der Waals surface area (Å²) < 4.78 is 15.5. The highest BCUT2D eigenvalue weighted by Gasteiger charge is 2.23. The van der Waals surface area contributed by atoms with Crippen molar-refractivity contribution in [2.45, 2.75) is 20.5 Å². The van der Waals surface area contributed by atoms with Crippen LogP contribution in [0.2, 0.25) is 0 Å². The monoisotopic (exact) mass is 356 g/mol. The largest absolute Gasteiger partial charge is 0.488 e. The first-order chi connectivity index (χ1) is 12.5. The Labute approximate surface area is 151 Å². The number of carbonyl (C=O) groups excluding carboxylic acids is 3. The van der Waals surface area contributed by atoms with Crippen LogP contribution in [-0.2, 0) is 16.1 Å². The fourth-order valence-electron chi connectivity index (χ4n) is 2.37. The zero-order chi connectivity index (χ0) is 19.1. The fraction of sp³-hybridized carbons (Fsp3) is 0.250. The Morgan fingerprint density at radius 3 is 2.19 bits per heavy atom. The number of rotatable bonds is 7. The molecule has 0 heterocycles. The van der Waals surface area contributed by atoms with Gasteiger partial charge in [0.25, 0.3) is 0 Å². The first-order valence-electron chi connectivity index (χ1n) is 8.09. The third kappa shape index (κ3) is 4.47. The second-order valence-electron chi connectivity index (χ2n) is 5.44. The Balaban J connectivity index is 2.48. The molecule has 2 aromatic rings. The van der Waals surface area contributed by atoms with E-state index in [2.05, 4.69) is 0 Å². The number of carbonyl (C=O) groups is 3. The lowest BCUT2D eigenvalue weighted by atomic mass is 10.00. The van der Waals surface area contributed by atoms with Crippen LogP contribution in [0.3, 0.4) is 0 Å². The number of hydrogen-bond donors (Lipinski definition) is 0. The predicted octanol–water partition coefficient (Wildman–Crippen LogP) is 3.43. The second kappa shape index (κ2) is 8.80. The van der Waals surface area contributed by atoms with Gasteiger partial charge in [-0.15, -0.1) is 0 Å². The maximum absolute atomic E-state index is 12.2. The Bertz CT molecular complexity index is 811. The number of ether oxygens (including phenoxy) is 3. The van der Waals surface area contributed by atoms with Gasteiger partial charge in [0.2, 0.25) is 0 Å². The molecule has 0 spiro atoms. The third-order valence-corrected chi connectivity index (χ3v) is 3.64. The zero-order valence-corrected chi connectivity index (χ0v) is 14.9. The van der Waals surface area contributed by atoms with Crippen molar-refractivity contribution in [1.82, 2.24) is 0 Å². The Kier molecular flexibility index (Phi) is 6.49. The molecule has 0 N–H and O–H groups in total. The molecule has 0 fully saturated rings. The first-order valence-corrected chi connectivity index (χ1v) is 8.09. The molecule has 2 aromatic carbocycles. The molecule has 0 aliphatic carbocycles. The lowest BCUT2D eigenvalue weighted by Crippen LogP contribution is -2.14. The van der Waals surface area contributed by atoms with Crippen molar-refractivity contribution in [2.24, 2.45) is 0 Å². The number of methoxy groups -OCH3 is 1. The van der Waals surface area contributed by atoms with Crippen LogP contribution < -0.4 is 4.74 Å². The van der Waals surface area contributed by atoms with Gasteiger partial charge in [-0.3, -0.25) is 4.79 Å². The maximum atomic E-state index is 12.2. The van der Waals surface area contributed by atoms with Crippen LogP contribution in [0.15, 0.2) is 42.5 Å². The number of hydrogen-bond acceptors (Lipinski definition) is 6. The van der Waals surface area contributed by atoms with Gasteiger partial charge in [-0.2, -0.15) is 0 Å². The fourth-order valence-corrected chi connectivity index (χ4v) is 2.37. The summed E-state index contributed by atoms with van der Waals surface area (Å²) in [5.41, 5.74) is 1.09. The van der Waals surface area contributed by atoms with Crippen LogP contribution in [0.25, 0.3) is 0 Å². The molecule has 0 bridgehead atoms. The van der Waals surface area contributed by atoms with E-state index in [1.807, 2.05) is 30.3 Å². The zero-order valence-electron chi connectivity index (χ0n) is 14.9. The van der Waals surface area contributed by atoms with Crippen LogP contribution in [0, 0.1) is 0 Å². The lowest BCUT2D eigenvalue weighted by Gasteiger charge is -2.14. The van der Waals surface area contributed by atoms with Crippen molar-refractivity contribution in [3.63, 3.8) is 0 Å². The molecule has 0 radical (unpaired) electrons. The number of benzene rings is 2. The van der Waals surface area contributed by atoms with Crippen LogP contribution in [0.5, 0.6) is 5.75 Å². The highest BCUT2D eigenvalue weighted by Crippen LogP contribution is 2.27. The highest BCUT2D eigenvalue weighted by atomic mass is 16.5. The van der Waals surface area contributed by atoms with Gasteiger partial charge in [0.1, 0.15) is 17.9 Å². The molecule has 0 atom stereocenters. The molecule has 6 nitrogen and oxygen atoms in total. The number of Topliss-reactive ketones (excluding diaryl/α,β-unsaturated/α-hetero) is 1. The number of ketones is 1. The van der Waals surface area contributed by atoms with Gasteiger partial charge in [0, 0.05) is 5.56 Å². The average molecular weight is 356 g/mol. The van der Waals surface area contributed by atoms with Gasteiger partial charge in [0.05, 0.1) is 19.3 Å². The Hall–Kier alpha value is -3.15. The summed E-state index contributed by atoms with van der Waals surface area (Å²) in [5, 5.41) is 0. The normalized spacial score (nSPS) is 10.1. The summed E-state index contributed by atoms with van der Waals surface area (Å²) in [7, 11) is 1.23. The van der Waals surface area contributed by atoms with Gasteiger partial charge in [0.15, 0.2) is 5.78 Å². The topological polar surface area (TPSA) is 78.9 Å². The highest BCUT2D eigenvalue weighted by molar-refractivity contribution is 6.08. The molecule has 0 saturated heterocycles. The van der Waals surface area contributed by atoms with E-state index in [9.17, 15) is 14.4 Å². The van der Waals surface area contributed by atoms with E-state index in [4.69, 9.17) is 14.2 Å². The standard InChI is InChI=1S/C20H20O6/c1-4-25-20(23)16-11-18(26-12-14-8-6-5-7-9-14)17(19(22)24-3)10-15(16)13(2)21/h5-11H,4,12H2,1-3H3. The summed E-state index contributed by atoms with van der Waals surface area (Å²) >= 11 is 0. The van der Waals surface area contributed by atoms with E-state index in [1.54, 1.807) is 6.92 Å². The van der Waals surface area contributed by atoms with E-state index in [-0.39, 0.29) is 41.4 Å². The molecule has 6 heteroatoms. The molecule has 2 rings (SSSR count). The van der Waals surface area contributed by atoms with E-state index in [0.29, 0.717) is 0 Å². The minimum Gasteiger partial charge on any atom is -0.488 e. The van der Waals surface area contributed by atoms with Crippen LogP contribution in [0.4, 0.5) is 0 Å². The van der Waals surface area contributed by atoms with Crippen molar-refractivity contribution >= 4 is 17.7 Å². The second-order valence-corrected chi connectivity index (χ2v) is 5.44. The van der Waals surface area contributed by atoms with Gasteiger partial charge in [-0.05, 0) is 31.5 Å². The summed E-state index contributed by atoms with van der Waals surface area (Å²) in [6.07, 6.45) is 0. The summed E-state index contributed by atoms with van der Waals surface area (Å²) in [6, 6.07) is 12.0. The van der Waals surface area contributed by atoms with E-state index < -0.39 is 11.9 Å². The van der Waals surface area contributed by atoms with E-state index in [0.717, 1.165) is 5.56 Å². The molecule has 0 aliphatic rings. The van der Waals surface area contributed by atoms with Crippen LogP contribution in [-0.4, -0.2) is 31.4 Å². The molecule has 0 saturated carbocycles. The van der Waals surface area contributed by atoms with Crippen molar-refractivity contribution in [3.8, 4) is 5.75 Å². The first kappa shape index (κ1) is 19.2. The lowest BCUT2D eigenvalue weighted by molar-refractivity contribution is 0.0519. The molecule has 0 aromatic heterocycles. The smallest absolute Gasteiger partial charge is 0.341 e. The van der Waals surface area contributed by atoms with Crippen molar-refractivity contribution in [3.05, 3.63) is 64.7 Å². The third-order valence-electron chi connectivity index (χ3n) is 3.64. The minimum absolute atomic E-state index is 0.0510. The van der Waals surface area contributed by atoms with Gasteiger partial charge < -0.3 is 14.2 Å². The molecule has 136 valence electrons. The number of esters is 2. The van der Waals surface area contributed by atoms with Crippen molar-refractivity contribution in [2.75, 3.05) is 13.7 Å². The van der Waals surface area contributed by atoms with E-state index in [1.165, 1.54) is 26.2 Å². The molecule has 26 heavy (non-hydrogen) atoms. The molecule has 0 amide bonds. The maximum Gasteiger partial charge on any atom is 0.341 e. The van der Waals surface area contributed by atoms with Crippen LogP contribution in [0.1, 0.15) is 50.5 Å². The molecule has 0 unspecified atom stereocenters. The van der Waals surface area contributed by atoms with Crippen molar-refractivity contribution in [1.29, 1.82) is 0 Å². The summed E-state index contributed by atoms with van der Waals surface area (Å²) in [6.45, 7) is 3.33. The molecular formula is C20H20O6. The van der Waals surface area contributed by atoms with Gasteiger partial charge in [-0.25, -0.2) is 9.59 Å². The SMILES string of the molecule is CCOC(=O)c1cc(OCc2ccccc2)c(C(=O)OC)cc1C(C)=O. The van der Waals surface area contributed by atoms with Crippen LogP contribution >= 0.6 is 0 Å². The summed E-state index contributed by atoms with van der Waals surface area (Å²) in [5.74, 6) is -1.54. The molecular weight excluding hydrogens is 336 g/mol. The van der Waals surface area contributed by atoms with Gasteiger partial charge in [-0.1, -0.05) is 30.3 Å². The molecule has 0 aliphatic heterocycles. The predicted molar refractivity (Wildman–Crippen MR) is 94.5 cm³/mol. The van der Waals surface area contributed by atoms with Gasteiger partial charge >= 0.3 is 11.9 Å². The Morgan fingerprint density at radius 1 is 0.923 bits per heavy atom. The van der Waals surface area contributed by atoms with E-state index >= 15 is 0 Å². The summed E-state index contributed by atoms with van der Waals surface area (Å²) in [4.78, 5) is 36.2.